The molecule has 0 atom stereocenters. The minimum atomic E-state index is -0.321. The van der Waals surface area contributed by atoms with Gasteiger partial charge in [-0.25, -0.2) is 9.97 Å². The fourth-order valence-corrected chi connectivity index (χ4v) is 3.20. The molecule has 1 aromatic carbocycles. The van der Waals surface area contributed by atoms with Gasteiger partial charge in [-0.3, -0.25) is 4.79 Å². The number of hydrogen-bond acceptors (Lipinski definition) is 8. The maximum atomic E-state index is 12.6. The van der Waals surface area contributed by atoms with Crippen LogP contribution in [0.2, 0.25) is 0 Å². The predicted molar refractivity (Wildman–Crippen MR) is 95.9 cm³/mol. The lowest BCUT2D eigenvalue weighted by Crippen LogP contribution is -2.12. The van der Waals surface area contributed by atoms with Gasteiger partial charge >= 0.3 is 0 Å². The van der Waals surface area contributed by atoms with Gasteiger partial charge in [-0.1, -0.05) is 0 Å². The van der Waals surface area contributed by atoms with Crippen LogP contribution in [-0.4, -0.2) is 37.2 Å². The van der Waals surface area contributed by atoms with E-state index >= 15 is 0 Å². The van der Waals surface area contributed by atoms with Gasteiger partial charge in [0.15, 0.2) is 11.5 Å². The zero-order valence-corrected chi connectivity index (χ0v) is 14.6. The van der Waals surface area contributed by atoms with Gasteiger partial charge in [-0.2, -0.15) is 0 Å². The second-order valence-corrected chi connectivity index (χ2v) is 5.87. The summed E-state index contributed by atoms with van der Waals surface area (Å²) in [4.78, 5) is 20.7. The molecule has 3 aromatic rings. The van der Waals surface area contributed by atoms with Gasteiger partial charge in [0.05, 0.1) is 43.3 Å². The van der Waals surface area contributed by atoms with Crippen molar-refractivity contribution in [3.63, 3.8) is 0 Å². The van der Waals surface area contributed by atoms with Crippen LogP contribution in [0.4, 0.5) is 11.6 Å². The third-order valence-corrected chi connectivity index (χ3v) is 4.41. The zero-order chi connectivity index (χ0) is 18.0. The van der Waals surface area contributed by atoms with E-state index < -0.39 is 0 Å². The summed E-state index contributed by atoms with van der Waals surface area (Å²) in [6, 6.07) is 3.30. The maximum absolute atomic E-state index is 12.6. The average Bonchev–Trinajstić information content (AvgIpc) is 3.03. The van der Waals surface area contributed by atoms with Crippen molar-refractivity contribution in [2.75, 3.05) is 32.4 Å². The van der Waals surface area contributed by atoms with Gasteiger partial charge in [-0.05, 0) is 0 Å². The molecular formula is C16H16N4O4S. The lowest BCUT2D eigenvalue weighted by atomic mass is 10.2. The third-order valence-electron chi connectivity index (χ3n) is 3.50. The Hall–Kier alpha value is -3.07. The normalized spacial score (nSPS) is 10.5. The number of aromatic nitrogens is 2. The Kier molecular flexibility index (Phi) is 4.57. The molecule has 0 unspecified atom stereocenters. The van der Waals surface area contributed by atoms with E-state index in [0.717, 1.165) is 4.70 Å². The molecule has 0 fully saturated rings. The number of nitrogens with zero attached hydrogens (tertiary/aromatic N) is 2. The first-order chi connectivity index (χ1) is 12.1. The van der Waals surface area contributed by atoms with Gasteiger partial charge in [0.1, 0.15) is 0 Å². The third kappa shape index (κ3) is 3.13. The molecule has 0 saturated heterocycles. The maximum Gasteiger partial charge on any atom is 0.258 e. The van der Waals surface area contributed by atoms with Crippen LogP contribution < -0.4 is 25.3 Å². The standard InChI is InChI=1S/C16H16N4O4S/c1-22-10-4-8(5-11(23-2)14(10)24-3)19-15(21)9-7-25-12-6-18-16(17)20-13(9)12/h4-7H,1-3H3,(H,19,21)(H2,17,18,20). The topological polar surface area (TPSA) is 109 Å². The molecule has 3 rings (SSSR count). The van der Waals surface area contributed by atoms with E-state index in [1.54, 1.807) is 23.7 Å². The zero-order valence-electron chi connectivity index (χ0n) is 13.8. The molecule has 0 radical (unpaired) electrons. The van der Waals surface area contributed by atoms with E-state index in [4.69, 9.17) is 19.9 Å². The van der Waals surface area contributed by atoms with Gasteiger partial charge in [0, 0.05) is 23.2 Å². The summed E-state index contributed by atoms with van der Waals surface area (Å²) in [6.45, 7) is 0. The van der Waals surface area contributed by atoms with E-state index in [1.165, 1.54) is 32.7 Å². The molecule has 8 nitrogen and oxygen atoms in total. The highest BCUT2D eigenvalue weighted by atomic mass is 32.1. The summed E-state index contributed by atoms with van der Waals surface area (Å²) in [5.41, 5.74) is 7.05. The summed E-state index contributed by atoms with van der Waals surface area (Å²) in [5.74, 6) is 1.13. The van der Waals surface area contributed by atoms with Gasteiger partial charge in [-0.15, -0.1) is 11.3 Å². The average molecular weight is 360 g/mol. The predicted octanol–water partition coefficient (Wildman–Crippen LogP) is 2.55. The van der Waals surface area contributed by atoms with Crippen molar-refractivity contribution in [2.24, 2.45) is 0 Å². The smallest absolute Gasteiger partial charge is 0.258 e. The van der Waals surface area contributed by atoms with Crippen LogP contribution in [0.15, 0.2) is 23.7 Å². The summed E-state index contributed by atoms with van der Waals surface area (Å²) < 4.78 is 16.6. The van der Waals surface area contributed by atoms with Crippen molar-refractivity contribution in [1.82, 2.24) is 9.97 Å². The van der Waals surface area contributed by atoms with Crippen LogP contribution in [0.25, 0.3) is 10.2 Å². The number of fused-ring (bicyclic) bond motifs is 1. The Bertz CT molecular complexity index is 916. The minimum absolute atomic E-state index is 0.118. The van der Waals surface area contributed by atoms with Crippen molar-refractivity contribution in [1.29, 1.82) is 0 Å². The molecule has 0 spiro atoms. The molecule has 130 valence electrons. The Morgan fingerprint density at radius 3 is 2.44 bits per heavy atom. The quantitative estimate of drug-likeness (QED) is 0.719. The van der Waals surface area contributed by atoms with Crippen LogP contribution in [0.3, 0.4) is 0 Å². The van der Waals surface area contributed by atoms with E-state index in [-0.39, 0.29) is 11.9 Å². The summed E-state index contributed by atoms with van der Waals surface area (Å²) in [6.07, 6.45) is 1.60. The number of nitrogens with one attached hydrogen (secondary N) is 1. The highest BCUT2D eigenvalue weighted by molar-refractivity contribution is 7.17. The van der Waals surface area contributed by atoms with E-state index in [9.17, 15) is 4.79 Å². The number of nitrogen functional groups attached to an aromatic ring is 1. The molecule has 0 aliphatic carbocycles. The SMILES string of the molecule is COc1cc(NC(=O)c2csc3cnc(N)nc23)cc(OC)c1OC. The Morgan fingerprint density at radius 2 is 1.84 bits per heavy atom. The van der Waals surface area contributed by atoms with Crippen molar-refractivity contribution >= 4 is 39.1 Å². The lowest BCUT2D eigenvalue weighted by molar-refractivity contribution is 0.102. The van der Waals surface area contributed by atoms with Crippen LogP contribution in [0.5, 0.6) is 17.2 Å². The number of anilines is 2. The number of rotatable bonds is 5. The molecule has 0 aliphatic heterocycles. The highest BCUT2D eigenvalue weighted by Gasteiger charge is 2.18. The monoisotopic (exact) mass is 360 g/mol. The first-order valence-electron chi connectivity index (χ1n) is 7.18. The first-order valence-corrected chi connectivity index (χ1v) is 8.06. The second-order valence-electron chi connectivity index (χ2n) is 4.96. The first kappa shape index (κ1) is 16.8. The number of nitrogens with two attached hydrogens (primary N) is 1. The number of hydrogen-bond donors (Lipinski definition) is 2. The van der Waals surface area contributed by atoms with Gasteiger partial charge in [0.2, 0.25) is 11.7 Å². The van der Waals surface area contributed by atoms with Crippen molar-refractivity contribution in [2.45, 2.75) is 0 Å². The number of methoxy groups -OCH3 is 3. The molecule has 0 bridgehead atoms. The van der Waals surface area contributed by atoms with Crippen molar-refractivity contribution in [3.05, 3.63) is 29.3 Å². The fourth-order valence-electron chi connectivity index (χ4n) is 2.35. The Labute approximate surface area is 147 Å². The molecule has 25 heavy (non-hydrogen) atoms. The van der Waals surface area contributed by atoms with Crippen LogP contribution in [-0.2, 0) is 0 Å². The lowest BCUT2D eigenvalue weighted by Gasteiger charge is -2.14. The van der Waals surface area contributed by atoms with Crippen LogP contribution in [0, 0.1) is 0 Å². The Balaban J connectivity index is 1.96. The molecule has 3 N–H and O–H groups in total. The van der Waals surface area contributed by atoms with Gasteiger partial charge < -0.3 is 25.3 Å². The molecule has 0 saturated carbocycles. The molecule has 1 amide bonds. The van der Waals surface area contributed by atoms with E-state index in [0.29, 0.717) is 34.0 Å². The molecule has 0 aliphatic rings. The summed E-state index contributed by atoms with van der Waals surface area (Å²) >= 11 is 1.37. The van der Waals surface area contributed by atoms with Crippen molar-refractivity contribution in [3.8, 4) is 17.2 Å². The van der Waals surface area contributed by atoms with Gasteiger partial charge in [0.25, 0.3) is 5.91 Å². The fraction of sp³-hybridized carbons (Fsp3) is 0.188. The Morgan fingerprint density at radius 1 is 1.16 bits per heavy atom. The number of carbonyl (C=O) groups is 1. The number of benzene rings is 1. The minimum Gasteiger partial charge on any atom is -0.493 e. The number of ether oxygens (including phenoxy) is 3. The number of amides is 1. The second kappa shape index (κ2) is 6.81. The van der Waals surface area contributed by atoms with Crippen molar-refractivity contribution < 1.29 is 19.0 Å². The van der Waals surface area contributed by atoms with Crippen LogP contribution >= 0.6 is 11.3 Å². The van der Waals surface area contributed by atoms with E-state index in [2.05, 4.69) is 15.3 Å². The molecule has 2 aromatic heterocycles. The number of thiophene rings is 1. The summed E-state index contributed by atoms with van der Waals surface area (Å²) in [5, 5.41) is 4.52. The van der Waals surface area contributed by atoms with E-state index in [1.807, 2.05) is 0 Å². The highest BCUT2D eigenvalue weighted by Crippen LogP contribution is 2.40. The molecule has 9 heteroatoms. The largest absolute Gasteiger partial charge is 0.493 e. The molecular weight excluding hydrogens is 344 g/mol. The summed E-state index contributed by atoms with van der Waals surface area (Å²) in [7, 11) is 4.53. The van der Waals surface area contributed by atoms with Crippen LogP contribution in [0.1, 0.15) is 10.4 Å². The number of carbonyl (C=O) groups excluding carboxylic acids is 1. The molecule has 2 heterocycles.